The first-order chi connectivity index (χ1) is 9.47. The Kier molecular flexibility index (Phi) is 7.01. The van der Waals surface area contributed by atoms with Crippen LogP contribution in [0.25, 0.3) is 0 Å². The van der Waals surface area contributed by atoms with E-state index in [0.717, 1.165) is 5.16 Å². The van der Waals surface area contributed by atoms with E-state index in [1.54, 1.807) is 11.2 Å². The summed E-state index contributed by atoms with van der Waals surface area (Å²) in [4.78, 5) is 14.0. The molecule has 1 aromatic heterocycles. The Morgan fingerprint density at radius 1 is 1.45 bits per heavy atom. The largest absolute Gasteiger partial charge is 0.396 e. The summed E-state index contributed by atoms with van der Waals surface area (Å²) in [6.07, 6.45) is 2.29. The Hall–Kier alpha value is -1.08. The topological polar surface area (TPSA) is 71.2 Å². The first-order valence-corrected chi connectivity index (χ1v) is 7.88. The molecule has 1 rings (SSSR count). The number of amides is 1. The lowest BCUT2D eigenvalue weighted by atomic mass is 10.3. The number of rotatable bonds is 8. The van der Waals surface area contributed by atoms with E-state index in [-0.39, 0.29) is 24.6 Å². The fourth-order valence-electron chi connectivity index (χ4n) is 1.81. The van der Waals surface area contributed by atoms with E-state index < -0.39 is 0 Å². The molecule has 0 aliphatic heterocycles. The highest BCUT2D eigenvalue weighted by Gasteiger charge is 2.18. The van der Waals surface area contributed by atoms with Crippen LogP contribution in [0.15, 0.2) is 11.5 Å². The minimum atomic E-state index is 0.0664. The molecule has 0 bridgehead atoms. The molecule has 1 aromatic rings. The maximum atomic E-state index is 12.2. The zero-order chi connectivity index (χ0) is 15.1. The van der Waals surface area contributed by atoms with Crippen molar-refractivity contribution in [1.82, 2.24) is 19.7 Å². The molecule has 6 nitrogen and oxygen atoms in total. The van der Waals surface area contributed by atoms with E-state index in [1.165, 1.54) is 11.8 Å². The molecule has 0 aromatic carbocycles. The summed E-state index contributed by atoms with van der Waals surface area (Å²) < 4.78 is 1.95. The third-order valence-electron chi connectivity index (χ3n) is 2.92. The van der Waals surface area contributed by atoms with E-state index in [2.05, 4.69) is 24.0 Å². The zero-order valence-electron chi connectivity index (χ0n) is 12.6. The summed E-state index contributed by atoms with van der Waals surface area (Å²) in [5.74, 6) is 0.409. The fraction of sp³-hybridized carbons (Fsp3) is 0.769. The first kappa shape index (κ1) is 17.0. The molecular formula is C13H24N4O2S. The Morgan fingerprint density at radius 3 is 2.70 bits per heavy atom. The van der Waals surface area contributed by atoms with Crippen LogP contribution < -0.4 is 0 Å². The van der Waals surface area contributed by atoms with Crippen LogP contribution in [-0.4, -0.2) is 55.6 Å². The van der Waals surface area contributed by atoms with Gasteiger partial charge >= 0.3 is 0 Å². The van der Waals surface area contributed by atoms with Crippen LogP contribution in [0.2, 0.25) is 0 Å². The van der Waals surface area contributed by atoms with Gasteiger partial charge in [-0.3, -0.25) is 4.79 Å². The van der Waals surface area contributed by atoms with E-state index in [4.69, 9.17) is 5.11 Å². The van der Waals surface area contributed by atoms with Gasteiger partial charge in [0.25, 0.3) is 0 Å². The van der Waals surface area contributed by atoms with Crippen LogP contribution in [0.4, 0.5) is 0 Å². The molecule has 0 radical (unpaired) electrons. The summed E-state index contributed by atoms with van der Waals surface area (Å²) in [5, 5.41) is 17.6. The molecule has 0 aliphatic carbocycles. The van der Waals surface area contributed by atoms with E-state index in [1.807, 2.05) is 18.4 Å². The number of hydrogen-bond donors (Lipinski definition) is 1. The van der Waals surface area contributed by atoms with Gasteiger partial charge in [0.2, 0.25) is 5.91 Å². The number of hydrogen-bond acceptors (Lipinski definition) is 5. The third-order valence-corrected chi connectivity index (χ3v) is 3.86. The molecule has 1 amide bonds. The summed E-state index contributed by atoms with van der Waals surface area (Å²) in [6, 6.07) is 0.413. The van der Waals surface area contributed by atoms with Gasteiger partial charge in [0.1, 0.15) is 6.33 Å². The Morgan fingerprint density at radius 2 is 2.15 bits per heavy atom. The van der Waals surface area contributed by atoms with Gasteiger partial charge in [-0.15, -0.1) is 10.2 Å². The van der Waals surface area contributed by atoms with Crippen molar-refractivity contribution in [3.8, 4) is 0 Å². The number of carbonyl (C=O) groups is 1. The molecule has 0 fully saturated rings. The van der Waals surface area contributed by atoms with Crippen molar-refractivity contribution in [2.24, 2.45) is 0 Å². The van der Waals surface area contributed by atoms with Gasteiger partial charge in [0, 0.05) is 25.2 Å². The average Bonchev–Trinajstić information content (AvgIpc) is 2.84. The van der Waals surface area contributed by atoms with Crippen molar-refractivity contribution < 1.29 is 9.90 Å². The van der Waals surface area contributed by atoms with Crippen LogP contribution in [0.1, 0.15) is 40.2 Å². The molecule has 0 aliphatic rings. The summed E-state index contributed by atoms with van der Waals surface area (Å²) >= 11 is 1.40. The number of thioether (sulfide) groups is 1. The maximum absolute atomic E-state index is 12.2. The van der Waals surface area contributed by atoms with Gasteiger partial charge in [-0.2, -0.15) is 0 Å². The molecule has 1 heterocycles. The predicted molar refractivity (Wildman–Crippen MR) is 79.7 cm³/mol. The summed E-state index contributed by atoms with van der Waals surface area (Å²) in [6.45, 7) is 8.76. The zero-order valence-corrected chi connectivity index (χ0v) is 13.4. The second-order valence-electron chi connectivity index (χ2n) is 5.16. The SMILES string of the molecule is CC(C)N(CCCO)C(=O)CSc1nncn1C(C)C. The van der Waals surface area contributed by atoms with E-state index in [9.17, 15) is 4.79 Å². The Balaban J connectivity index is 2.58. The number of aromatic nitrogens is 3. The monoisotopic (exact) mass is 300 g/mol. The fourth-order valence-corrected chi connectivity index (χ4v) is 2.74. The minimum Gasteiger partial charge on any atom is -0.396 e. The molecule has 7 heteroatoms. The Bertz CT molecular complexity index is 420. The highest BCUT2D eigenvalue weighted by Crippen LogP contribution is 2.19. The predicted octanol–water partition coefficient (Wildman–Crippen LogP) is 1.57. The number of carbonyl (C=O) groups excluding carboxylic acids is 1. The van der Waals surface area contributed by atoms with Crippen molar-refractivity contribution in [2.45, 2.75) is 51.4 Å². The molecule has 0 atom stereocenters. The lowest BCUT2D eigenvalue weighted by molar-refractivity contribution is -0.130. The van der Waals surface area contributed by atoms with Crippen LogP contribution in [0, 0.1) is 0 Å². The normalized spacial score (nSPS) is 11.3. The summed E-state index contributed by atoms with van der Waals surface area (Å²) in [5.41, 5.74) is 0. The van der Waals surface area contributed by atoms with Gasteiger partial charge < -0.3 is 14.6 Å². The average molecular weight is 300 g/mol. The molecule has 0 saturated carbocycles. The van der Waals surface area contributed by atoms with Crippen LogP contribution in [0.3, 0.4) is 0 Å². The standard InChI is InChI=1S/C13H24N4O2S/c1-10(2)16(6-5-7-18)12(19)8-20-13-15-14-9-17(13)11(3)4/h9-11,18H,5-8H2,1-4H3. The quantitative estimate of drug-likeness (QED) is 0.738. The van der Waals surface area contributed by atoms with E-state index in [0.29, 0.717) is 18.7 Å². The van der Waals surface area contributed by atoms with Crippen molar-refractivity contribution in [1.29, 1.82) is 0 Å². The lowest BCUT2D eigenvalue weighted by Crippen LogP contribution is -2.39. The maximum Gasteiger partial charge on any atom is 0.233 e. The van der Waals surface area contributed by atoms with Crippen molar-refractivity contribution in [3.63, 3.8) is 0 Å². The van der Waals surface area contributed by atoms with Gasteiger partial charge in [0.05, 0.1) is 5.75 Å². The van der Waals surface area contributed by atoms with Crippen molar-refractivity contribution in [3.05, 3.63) is 6.33 Å². The second-order valence-corrected chi connectivity index (χ2v) is 6.10. The van der Waals surface area contributed by atoms with Crippen LogP contribution >= 0.6 is 11.8 Å². The number of nitrogens with zero attached hydrogens (tertiary/aromatic N) is 4. The highest BCUT2D eigenvalue weighted by atomic mass is 32.2. The van der Waals surface area contributed by atoms with Crippen LogP contribution in [0.5, 0.6) is 0 Å². The van der Waals surface area contributed by atoms with Gasteiger partial charge in [-0.25, -0.2) is 0 Å². The number of aliphatic hydroxyl groups is 1. The third kappa shape index (κ3) is 4.79. The second kappa shape index (κ2) is 8.26. The lowest BCUT2D eigenvalue weighted by Gasteiger charge is -2.26. The highest BCUT2D eigenvalue weighted by molar-refractivity contribution is 7.99. The van der Waals surface area contributed by atoms with Gasteiger partial charge in [-0.05, 0) is 34.1 Å². The van der Waals surface area contributed by atoms with Crippen molar-refractivity contribution in [2.75, 3.05) is 18.9 Å². The van der Waals surface area contributed by atoms with Crippen LogP contribution in [-0.2, 0) is 4.79 Å². The first-order valence-electron chi connectivity index (χ1n) is 6.90. The van der Waals surface area contributed by atoms with E-state index >= 15 is 0 Å². The molecule has 0 saturated heterocycles. The smallest absolute Gasteiger partial charge is 0.233 e. The Labute approximate surface area is 124 Å². The minimum absolute atomic E-state index is 0.0664. The molecule has 1 N–H and O–H groups in total. The summed E-state index contributed by atoms with van der Waals surface area (Å²) in [7, 11) is 0. The molecular weight excluding hydrogens is 276 g/mol. The van der Waals surface area contributed by atoms with Gasteiger partial charge in [-0.1, -0.05) is 11.8 Å². The molecule has 0 spiro atoms. The molecule has 20 heavy (non-hydrogen) atoms. The van der Waals surface area contributed by atoms with Gasteiger partial charge in [0.15, 0.2) is 5.16 Å². The number of aliphatic hydroxyl groups excluding tert-OH is 1. The molecule has 0 unspecified atom stereocenters. The van der Waals surface area contributed by atoms with Crippen molar-refractivity contribution >= 4 is 17.7 Å². The molecule has 114 valence electrons.